The molecule has 0 saturated carbocycles. The van der Waals surface area contributed by atoms with Crippen molar-refractivity contribution in [1.29, 1.82) is 0 Å². The van der Waals surface area contributed by atoms with Crippen LogP contribution in [0.4, 0.5) is 0 Å². The number of fused-ring (bicyclic) bond motifs is 1. The predicted molar refractivity (Wildman–Crippen MR) is 68.0 cm³/mol. The van der Waals surface area contributed by atoms with Gasteiger partial charge >= 0.3 is 5.97 Å². The Morgan fingerprint density at radius 1 is 1.53 bits per heavy atom. The Hall–Kier alpha value is -1.95. The molecule has 19 heavy (non-hydrogen) atoms. The molecular formula is C13H15N3O3. The molecule has 1 saturated heterocycles. The fourth-order valence-electron chi connectivity index (χ4n) is 2.38. The first-order valence-corrected chi connectivity index (χ1v) is 6.38. The van der Waals surface area contributed by atoms with E-state index in [-0.39, 0.29) is 5.56 Å². The van der Waals surface area contributed by atoms with Crippen molar-refractivity contribution in [2.75, 3.05) is 13.2 Å². The second kappa shape index (κ2) is 4.97. The fraction of sp³-hybridized carbons (Fsp3) is 0.462. The van der Waals surface area contributed by atoms with Gasteiger partial charge in [0, 0.05) is 19.8 Å². The van der Waals surface area contributed by atoms with Crippen LogP contribution in [0.25, 0.3) is 11.0 Å². The number of hydrogen-bond acceptors (Lipinski definition) is 4. The summed E-state index contributed by atoms with van der Waals surface area (Å²) in [5.41, 5.74) is 1.77. The molecule has 1 atom stereocenters. The van der Waals surface area contributed by atoms with Crippen molar-refractivity contribution >= 4 is 17.0 Å². The van der Waals surface area contributed by atoms with E-state index in [0.29, 0.717) is 5.92 Å². The summed E-state index contributed by atoms with van der Waals surface area (Å²) in [4.78, 5) is 11.0. The molecule has 6 heteroatoms. The summed E-state index contributed by atoms with van der Waals surface area (Å²) in [6.07, 6.45) is 2.07. The van der Waals surface area contributed by atoms with E-state index < -0.39 is 5.97 Å². The van der Waals surface area contributed by atoms with Gasteiger partial charge in [-0.25, -0.2) is 9.48 Å². The molecule has 1 aromatic heterocycles. The van der Waals surface area contributed by atoms with Gasteiger partial charge in [-0.1, -0.05) is 5.21 Å². The SMILES string of the molecule is O=C(O)c1ccc2nnn(CCC3CCOC3)c2c1. The summed E-state index contributed by atoms with van der Waals surface area (Å²) < 4.78 is 7.12. The van der Waals surface area contributed by atoms with E-state index in [9.17, 15) is 4.79 Å². The quantitative estimate of drug-likeness (QED) is 0.903. The molecule has 100 valence electrons. The van der Waals surface area contributed by atoms with Gasteiger partial charge in [0.15, 0.2) is 0 Å². The van der Waals surface area contributed by atoms with Crippen molar-refractivity contribution in [3.05, 3.63) is 23.8 Å². The van der Waals surface area contributed by atoms with Gasteiger partial charge in [-0.15, -0.1) is 5.10 Å². The van der Waals surface area contributed by atoms with Gasteiger partial charge in [0.2, 0.25) is 0 Å². The smallest absolute Gasteiger partial charge is 0.335 e. The number of carbonyl (C=O) groups is 1. The molecule has 0 bridgehead atoms. The van der Waals surface area contributed by atoms with Crippen LogP contribution < -0.4 is 0 Å². The first kappa shape index (κ1) is 12.1. The molecule has 0 spiro atoms. The van der Waals surface area contributed by atoms with Crippen molar-refractivity contribution in [2.45, 2.75) is 19.4 Å². The first-order valence-electron chi connectivity index (χ1n) is 6.38. The topological polar surface area (TPSA) is 77.2 Å². The summed E-state index contributed by atoms with van der Waals surface area (Å²) in [5, 5.41) is 17.2. The molecule has 3 rings (SSSR count). The van der Waals surface area contributed by atoms with Crippen LogP contribution in [0, 0.1) is 5.92 Å². The number of aromatic nitrogens is 3. The highest BCUT2D eigenvalue weighted by atomic mass is 16.5. The van der Waals surface area contributed by atoms with Crippen molar-refractivity contribution < 1.29 is 14.6 Å². The van der Waals surface area contributed by atoms with E-state index >= 15 is 0 Å². The van der Waals surface area contributed by atoms with Gasteiger partial charge < -0.3 is 9.84 Å². The lowest BCUT2D eigenvalue weighted by molar-refractivity contribution is 0.0697. The highest BCUT2D eigenvalue weighted by Gasteiger charge is 2.16. The Labute approximate surface area is 110 Å². The van der Waals surface area contributed by atoms with E-state index in [2.05, 4.69) is 10.3 Å². The van der Waals surface area contributed by atoms with Crippen molar-refractivity contribution in [2.24, 2.45) is 5.92 Å². The number of ether oxygens (including phenoxy) is 1. The maximum atomic E-state index is 11.0. The molecule has 2 heterocycles. The molecule has 0 aliphatic carbocycles. The van der Waals surface area contributed by atoms with Gasteiger partial charge in [-0.2, -0.15) is 0 Å². The van der Waals surface area contributed by atoms with Gasteiger partial charge in [0.05, 0.1) is 11.1 Å². The fourth-order valence-corrected chi connectivity index (χ4v) is 2.38. The van der Waals surface area contributed by atoms with Crippen LogP contribution in [0.15, 0.2) is 18.2 Å². The molecule has 0 amide bonds. The molecule has 6 nitrogen and oxygen atoms in total. The average Bonchev–Trinajstić information content (AvgIpc) is 3.05. The molecule has 2 aromatic rings. The normalized spacial score (nSPS) is 19.1. The van der Waals surface area contributed by atoms with Crippen LogP contribution in [0.5, 0.6) is 0 Å². The lowest BCUT2D eigenvalue weighted by Crippen LogP contribution is -2.08. The van der Waals surface area contributed by atoms with Crippen molar-refractivity contribution in [3.8, 4) is 0 Å². The van der Waals surface area contributed by atoms with Crippen LogP contribution in [0.1, 0.15) is 23.2 Å². The molecule has 1 aliphatic heterocycles. The first-order chi connectivity index (χ1) is 9.24. The summed E-state index contributed by atoms with van der Waals surface area (Å²) in [7, 11) is 0. The summed E-state index contributed by atoms with van der Waals surface area (Å²) in [5.74, 6) is -0.360. The number of benzene rings is 1. The highest BCUT2D eigenvalue weighted by Crippen LogP contribution is 2.19. The number of aryl methyl sites for hydroxylation is 1. The second-order valence-electron chi connectivity index (χ2n) is 4.84. The number of rotatable bonds is 4. The Morgan fingerprint density at radius 2 is 2.42 bits per heavy atom. The lowest BCUT2D eigenvalue weighted by atomic mass is 10.1. The Bertz CT molecular complexity index is 602. The van der Waals surface area contributed by atoms with E-state index in [1.807, 2.05) is 0 Å². The number of carboxylic acids is 1. The number of carboxylic acid groups (broad SMARTS) is 1. The molecule has 1 aliphatic rings. The summed E-state index contributed by atoms with van der Waals surface area (Å²) in [6, 6.07) is 4.87. The minimum absolute atomic E-state index is 0.264. The Morgan fingerprint density at radius 3 is 3.16 bits per heavy atom. The third kappa shape index (κ3) is 2.44. The molecule has 1 aromatic carbocycles. The minimum atomic E-state index is -0.932. The minimum Gasteiger partial charge on any atom is -0.478 e. The average molecular weight is 261 g/mol. The van der Waals surface area contributed by atoms with Crippen LogP contribution >= 0.6 is 0 Å². The second-order valence-corrected chi connectivity index (χ2v) is 4.84. The third-order valence-electron chi connectivity index (χ3n) is 3.53. The zero-order valence-corrected chi connectivity index (χ0v) is 10.5. The Balaban J connectivity index is 1.81. The van der Waals surface area contributed by atoms with E-state index in [1.165, 1.54) is 0 Å². The summed E-state index contributed by atoms with van der Waals surface area (Å²) >= 11 is 0. The van der Waals surface area contributed by atoms with Gasteiger partial charge in [-0.05, 0) is 37.0 Å². The molecule has 1 unspecified atom stereocenters. The zero-order chi connectivity index (χ0) is 13.2. The maximum absolute atomic E-state index is 11.0. The lowest BCUT2D eigenvalue weighted by Gasteiger charge is -2.07. The largest absolute Gasteiger partial charge is 0.478 e. The Kier molecular flexibility index (Phi) is 3.16. The van der Waals surface area contributed by atoms with Gasteiger partial charge in [0.25, 0.3) is 0 Å². The third-order valence-corrected chi connectivity index (χ3v) is 3.53. The number of hydrogen-bond donors (Lipinski definition) is 1. The standard InChI is InChI=1S/C13H15N3O3/c17-13(18)10-1-2-11-12(7-10)16(15-14-11)5-3-9-4-6-19-8-9/h1-2,7,9H,3-6,8H2,(H,17,18). The number of aromatic carboxylic acids is 1. The van der Waals surface area contributed by atoms with E-state index in [0.717, 1.165) is 43.6 Å². The maximum Gasteiger partial charge on any atom is 0.335 e. The predicted octanol–water partition coefficient (Wildman–Crippen LogP) is 1.56. The molecule has 0 radical (unpaired) electrons. The van der Waals surface area contributed by atoms with E-state index in [1.54, 1.807) is 22.9 Å². The van der Waals surface area contributed by atoms with Crippen molar-refractivity contribution in [1.82, 2.24) is 15.0 Å². The van der Waals surface area contributed by atoms with Gasteiger partial charge in [0.1, 0.15) is 5.52 Å². The van der Waals surface area contributed by atoms with Crippen LogP contribution in [0.3, 0.4) is 0 Å². The molecular weight excluding hydrogens is 246 g/mol. The highest BCUT2D eigenvalue weighted by molar-refractivity contribution is 5.92. The monoisotopic (exact) mass is 261 g/mol. The van der Waals surface area contributed by atoms with Crippen LogP contribution in [-0.4, -0.2) is 39.3 Å². The summed E-state index contributed by atoms with van der Waals surface area (Å²) in [6.45, 7) is 2.40. The molecule has 1 N–H and O–H groups in total. The van der Waals surface area contributed by atoms with Crippen molar-refractivity contribution in [3.63, 3.8) is 0 Å². The van der Waals surface area contributed by atoms with E-state index in [4.69, 9.17) is 9.84 Å². The zero-order valence-electron chi connectivity index (χ0n) is 10.5. The van der Waals surface area contributed by atoms with Crippen LogP contribution in [0.2, 0.25) is 0 Å². The molecule has 1 fully saturated rings. The van der Waals surface area contributed by atoms with Gasteiger partial charge in [-0.3, -0.25) is 0 Å². The number of nitrogens with zero attached hydrogens (tertiary/aromatic N) is 3. The van der Waals surface area contributed by atoms with Crippen LogP contribution in [-0.2, 0) is 11.3 Å².